The summed E-state index contributed by atoms with van der Waals surface area (Å²) in [6.07, 6.45) is -3.75. The molecule has 114 valence electrons. The number of nitrogens with one attached hydrogen (secondary N) is 1. The van der Waals surface area contributed by atoms with E-state index in [-0.39, 0.29) is 42.5 Å². The first-order chi connectivity index (χ1) is 8.39. The molecule has 1 aromatic heterocycles. The summed E-state index contributed by atoms with van der Waals surface area (Å²) in [6.45, 7) is 1.39. The van der Waals surface area contributed by atoms with Crippen LogP contribution in [-0.4, -0.2) is 42.0 Å². The SMILES string of the molecule is CN(C(=O)c1ccc(C(F)(F)F)cn1)C1CNC1.Cl.Cl. The first-order valence-corrected chi connectivity index (χ1v) is 5.40. The molecular weight excluding hydrogens is 318 g/mol. The number of carbonyl (C=O) groups excluding carboxylic acids is 1. The molecule has 2 rings (SSSR count). The fourth-order valence-corrected chi connectivity index (χ4v) is 1.58. The summed E-state index contributed by atoms with van der Waals surface area (Å²) >= 11 is 0. The smallest absolute Gasteiger partial charge is 0.335 e. The van der Waals surface area contributed by atoms with Crippen molar-refractivity contribution in [3.8, 4) is 0 Å². The first kappa shape index (κ1) is 18.9. The second kappa shape index (κ2) is 7.10. The van der Waals surface area contributed by atoms with Gasteiger partial charge in [-0.15, -0.1) is 24.8 Å². The van der Waals surface area contributed by atoms with E-state index in [1.807, 2.05) is 0 Å². The standard InChI is InChI=1S/C11H12F3N3O.2ClH/c1-17(8-5-15-6-8)10(18)9-3-2-7(4-16-9)11(12,13)14;;/h2-4,8,15H,5-6H2,1H3;2*1H. The van der Waals surface area contributed by atoms with Crippen LogP contribution in [-0.2, 0) is 6.18 Å². The maximum Gasteiger partial charge on any atom is 0.417 e. The van der Waals surface area contributed by atoms with Crippen molar-refractivity contribution < 1.29 is 18.0 Å². The number of pyridine rings is 1. The van der Waals surface area contributed by atoms with Crippen LogP contribution in [0.1, 0.15) is 16.1 Å². The van der Waals surface area contributed by atoms with Gasteiger partial charge in [-0.2, -0.15) is 13.2 Å². The molecule has 2 heterocycles. The highest BCUT2D eigenvalue weighted by Crippen LogP contribution is 2.28. The van der Waals surface area contributed by atoms with Crippen LogP contribution in [0.3, 0.4) is 0 Å². The second-order valence-corrected chi connectivity index (χ2v) is 4.16. The summed E-state index contributed by atoms with van der Waals surface area (Å²) in [4.78, 5) is 17.0. The number of aromatic nitrogens is 1. The highest BCUT2D eigenvalue weighted by atomic mass is 35.5. The molecule has 4 nitrogen and oxygen atoms in total. The molecule has 1 N–H and O–H groups in total. The monoisotopic (exact) mass is 331 g/mol. The lowest BCUT2D eigenvalue weighted by atomic mass is 10.1. The predicted molar refractivity (Wildman–Crippen MR) is 72.5 cm³/mol. The van der Waals surface area contributed by atoms with E-state index in [0.717, 1.165) is 12.1 Å². The topological polar surface area (TPSA) is 45.2 Å². The van der Waals surface area contributed by atoms with Gasteiger partial charge in [0.1, 0.15) is 5.69 Å². The Kier molecular flexibility index (Phi) is 6.73. The van der Waals surface area contributed by atoms with Gasteiger partial charge in [-0.25, -0.2) is 0 Å². The fraction of sp³-hybridized carbons (Fsp3) is 0.455. The van der Waals surface area contributed by atoms with Crippen molar-refractivity contribution in [2.24, 2.45) is 0 Å². The van der Waals surface area contributed by atoms with Crippen LogP contribution in [0.5, 0.6) is 0 Å². The molecule has 0 aromatic carbocycles. The van der Waals surface area contributed by atoms with Crippen molar-refractivity contribution in [1.29, 1.82) is 0 Å². The number of carbonyl (C=O) groups is 1. The molecule has 0 bridgehead atoms. The van der Waals surface area contributed by atoms with Crippen LogP contribution in [0.2, 0.25) is 0 Å². The largest absolute Gasteiger partial charge is 0.417 e. The van der Waals surface area contributed by atoms with Crippen molar-refractivity contribution in [2.75, 3.05) is 20.1 Å². The molecule has 0 atom stereocenters. The van der Waals surface area contributed by atoms with Crippen LogP contribution in [0.15, 0.2) is 18.3 Å². The van der Waals surface area contributed by atoms with Gasteiger partial charge in [-0.1, -0.05) is 0 Å². The lowest BCUT2D eigenvalue weighted by Gasteiger charge is -2.35. The van der Waals surface area contributed by atoms with E-state index in [2.05, 4.69) is 10.3 Å². The van der Waals surface area contributed by atoms with Crippen LogP contribution in [0.25, 0.3) is 0 Å². The normalized spacial score (nSPS) is 14.6. The minimum atomic E-state index is -4.43. The molecule has 1 aliphatic rings. The van der Waals surface area contributed by atoms with Crippen LogP contribution in [0, 0.1) is 0 Å². The molecule has 0 aliphatic carbocycles. The number of hydrogen-bond donors (Lipinski definition) is 1. The Hall–Kier alpha value is -1.05. The van der Waals surface area contributed by atoms with Gasteiger partial charge in [0.2, 0.25) is 0 Å². The van der Waals surface area contributed by atoms with Crippen molar-refractivity contribution in [3.63, 3.8) is 0 Å². The molecule has 1 fully saturated rings. The number of nitrogens with zero attached hydrogens (tertiary/aromatic N) is 2. The molecular formula is C11H14Cl2F3N3O. The maximum absolute atomic E-state index is 12.3. The average molecular weight is 332 g/mol. The van der Waals surface area contributed by atoms with E-state index < -0.39 is 11.7 Å². The Morgan fingerprint density at radius 1 is 1.35 bits per heavy atom. The van der Waals surface area contributed by atoms with E-state index >= 15 is 0 Å². The second-order valence-electron chi connectivity index (χ2n) is 4.16. The van der Waals surface area contributed by atoms with Gasteiger partial charge in [0, 0.05) is 26.3 Å². The summed E-state index contributed by atoms with van der Waals surface area (Å²) in [5.41, 5.74) is -0.829. The summed E-state index contributed by atoms with van der Waals surface area (Å²) in [7, 11) is 1.62. The van der Waals surface area contributed by atoms with Gasteiger partial charge in [-0.05, 0) is 12.1 Å². The minimum absolute atomic E-state index is 0. The highest BCUT2D eigenvalue weighted by Gasteiger charge is 2.32. The number of rotatable bonds is 2. The Bertz CT molecular complexity index is 449. The Balaban J connectivity index is 0.00000180. The molecule has 1 aliphatic heterocycles. The molecule has 1 aromatic rings. The first-order valence-electron chi connectivity index (χ1n) is 5.40. The van der Waals surface area contributed by atoms with E-state index in [4.69, 9.17) is 0 Å². The van der Waals surface area contributed by atoms with E-state index in [1.165, 1.54) is 4.90 Å². The number of hydrogen-bond acceptors (Lipinski definition) is 3. The molecule has 20 heavy (non-hydrogen) atoms. The zero-order chi connectivity index (χ0) is 13.3. The number of likely N-dealkylation sites (N-methyl/N-ethyl adjacent to an activating group) is 1. The van der Waals surface area contributed by atoms with Crippen molar-refractivity contribution >= 4 is 30.7 Å². The summed E-state index contributed by atoms with van der Waals surface area (Å²) in [5.74, 6) is -0.366. The third-order valence-corrected chi connectivity index (χ3v) is 2.94. The van der Waals surface area contributed by atoms with E-state index in [0.29, 0.717) is 19.3 Å². The molecule has 1 saturated heterocycles. The predicted octanol–water partition coefficient (Wildman–Crippen LogP) is 1.99. The Morgan fingerprint density at radius 3 is 2.30 bits per heavy atom. The van der Waals surface area contributed by atoms with Crippen LogP contribution in [0.4, 0.5) is 13.2 Å². The molecule has 0 radical (unpaired) electrons. The van der Waals surface area contributed by atoms with Gasteiger partial charge >= 0.3 is 6.18 Å². The van der Waals surface area contributed by atoms with Gasteiger partial charge < -0.3 is 10.2 Å². The average Bonchev–Trinajstić information content (AvgIpc) is 2.24. The van der Waals surface area contributed by atoms with Crippen LogP contribution < -0.4 is 5.32 Å². The van der Waals surface area contributed by atoms with Gasteiger partial charge in [0.25, 0.3) is 5.91 Å². The maximum atomic E-state index is 12.3. The fourth-order valence-electron chi connectivity index (χ4n) is 1.58. The summed E-state index contributed by atoms with van der Waals surface area (Å²) in [6, 6.07) is 2.06. The zero-order valence-corrected chi connectivity index (χ0v) is 12.1. The van der Waals surface area contributed by atoms with Crippen LogP contribution >= 0.6 is 24.8 Å². The third-order valence-electron chi connectivity index (χ3n) is 2.94. The van der Waals surface area contributed by atoms with Gasteiger partial charge in [-0.3, -0.25) is 9.78 Å². The Morgan fingerprint density at radius 2 is 1.95 bits per heavy atom. The number of halogens is 5. The molecule has 9 heteroatoms. The summed E-state index contributed by atoms with van der Waals surface area (Å²) < 4.78 is 37.0. The lowest BCUT2D eigenvalue weighted by molar-refractivity contribution is -0.137. The molecule has 0 saturated carbocycles. The molecule has 1 amide bonds. The quantitative estimate of drug-likeness (QED) is 0.901. The highest BCUT2D eigenvalue weighted by molar-refractivity contribution is 5.92. The lowest BCUT2D eigenvalue weighted by Crippen LogP contribution is -2.57. The summed E-state index contributed by atoms with van der Waals surface area (Å²) in [5, 5.41) is 3.01. The molecule has 0 unspecified atom stereocenters. The number of alkyl halides is 3. The van der Waals surface area contributed by atoms with Crippen molar-refractivity contribution in [1.82, 2.24) is 15.2 Å². The zero-order valence-electron chi connectivity index (χ0n) is 10.5. The van der Waals surface area contributed by atoms with Crippen molar-refractivity contribution in [2.45, 2.75) is 12.2 Å². The Labute approximate surface area is 126 Å². The van der Waals surface area contributed by atoms with E-state index in [1.54, 1.807) is 7.05 Å². The van der Waals surface area contributed by atoms with E-state index in [9.17, 15) is 18.0 Å². The number of amides is 1. The van der Waals surface area contributed by atoms with Gasteiger partial charge in [0.05, 0.1) is 11.6 Å². The molecule has 0 spiro atoms. The minimum Gasteiger partial charge on any atom is -0.335 e. The van der Waals surface area contributed by atoms with Crippen molar-refractivity contribution in [3.05, 3.63) is 29.6 Å². The third kappa shape index (κ3) is 3.97. The van der Waals surface area contributed by atoms with Gasteiger partial charge in [0.15, 0.2) is 0 Å².